The molecule has 3 aliphatic heterocycles. The van der Waals surface area contributed by atoms with E-state index in [1.807, 2.05) is 45.9 Å². The summed E-state index contributed by atoms with van der Waals surface area (Å²) in [5.41, 5.74) is 7.91. The predicted octanol–water partition coefficient (Wildman–Crippen LogP) is 11.1. The Morgan fingerprint density at radius 3 is 2.30 bits per heavy atom. The molecule has 0 unspecified atom stereocenters. The molecule has 308 valence electrons. The van der Waals surface area contributed by atoms with E-state index in [-0.39, 0.29) is 29.6 Å². The average molecular weight is 803 g/mol. The summed E-state index contributed by atoms with van der Waals surface area (Å²) in [6, 6.07) is 31.7. The largest absolute Gasteiger partial charge is 0.483 e. The van der Waals surface area contributed by atoms with Gasteiger partial charge in [0, 0.05) is 34.8 Å². The van der Waals surface area contributed by atoms with Crippen LogP contribution < -0.4 is 10.4 Å². The zero-order chi connectivity index (χ0) is 41.9. The summed E-state index contributed by atoms with van der Waals surface area (Å²) in [6.45, 7) is 11.7. The minimum absolute atomic E-state index is 0.0200. The minimum atomic E-state index is -1.11. The van der Waals surface area contributed by atoms with Gasteiger partial charge in [0.1, 0.15) is 16.9 Å². The maximum atomic E-state index is 14.8. The molecule has 7 nitrogen and oxygen atoms in total. The van der Waals surface area contributed by atoms with Crippen molar-refractivity contribution in [2.75, 3.05) is 0 Å². The second-order valence-electron chi connectivity index (χ2n) is 18.8. The number of carbonyl (C=O) groups excluding carboxylic acids is 2. The summed E-state index contributed by atoms with van der Waals surface area (Å²) in [7, 11) is 0. The van der Waals surface area contributed by atoms with Crippen molar-refractivity contribution in [3.8, 4) is 5.75 Å². The van der Waals surface area contributed by atoms with Crippen LogP contribution in [0.1, 0.15) is 130 Å². The molecule has 1 aromatic heterocycles. The molecular weight excluding hydrogens is 749 g/mol. The van der Waals surface area contributed by atoms with Gasteiger partial charge in [-0.05, 0) is 123 Å². The van der Waals surface area contributed by atoms with Crippen LogP contribution in [-0.4, -0.2) is 23.6 Å². The lowest BCUT2D eigenvalue weighted by atomic mass is 9.72. The zero-order valence-corrected chi connectivity index (χ0v) is 35.5. The third kappa shape index (κ3) is 7.41. The molecule has 0 saturated carbocycles. The van der Waals surface area contributed by atoms with Gasteiger partial charge in [-0.3, -0.25) is 4.79 Å². The molecule has 5 atom stereocenters. The smallest absolute Gasteiger partial charge is 0.340 e. The SMILES string of the molecule is CC(C)=C1CCc2ccc(cc2)[C@@H]2C=C[C@@H](c3cccc(Cc4ccccc4)c3)C[C@@H]2CC(=O)O[C@@H]2c3c(ccc4c5c(c(=O)oc34)C(C)(C)CC5)OC(C)(C)[C@H]2OC1=O. The highest BCUT2D eigenvalue weighted by molar-refractivity contribution is 5.90. The van der Waals surface area contributed by atoms with Crippen LogP contribution in [-0.2, 0) is 43.7 Å². The normalized spacial score (nSPS) is 24.4. The Labute approximate surface area is 352 Å². The number of benzene rings is 4. The maximum absolute atomic E-state index is 14.8. The van der Waals surface area contributed by atoms with Crippen LogP contribution in [0.2, 0.25) is 0 Å². The van der Waals surface area contributed by atoms with E-state index in [0.29, 0.717) is 40.9 Å². The fourth-order valence-corrected chi connectivity index (χ4v) is 10.3. The molecule has 10 rings (SSSR count). The lowest BCUT2D eigenvalue weighted by Crippen LogP contribution is -2.52. The molecule has 0 N–H and O–H groups in total. The number of hydrogen-bond donors (Lipinski definition) is 0. The molecule has 4 aromatic carbocycles. The summed E-state index contributed by atoms with van der Waals surface area (Å²) in [4.78, 5) is 42.9. The van der Waals surface area contributed by atoms with Gasteiger partial charge in [-0.25, -0.2) is 9.59 Å². The van der Waals surface area contributed by atoms with E-state index < -0.39 is 35.4 Å². The molecule has 5 aromatic rings. The number of rotatable bonds is 3. The van der Waals surface area contributed by atoms with E-state index in [9.17, 15) is 14.4 Å². The number of ether oxygens (including phenoxy) is 3. The van der Waals surface area contributed by atoms with E-state index in [0.717, 1.165) is 53.3 Å². The minimum Gasteiger partial charge on any atom is -0.483 e. The van der Waals surface area contributed by atoms with Crippen LogP contribution in [0.4, 0.5) is 0 Å². The molecule has 0 fully saturated rings. The zero-order valence-electron chi connectivity index (χ0n) is 35.5. The third-order valence-electron chi connectivity index (χ3n) is 13.5. The summed E-state index contributed by atoms with van der Waals surface area (Å²) in [5.74, 6) is -0.478. The monoisotopic (exact) mass is 802 g/mol. The van der Waals surface area contributed by atoms with Gasteiger partial charge >= 0.3 is 17.6 Å². The van der Waals surface area contributed by atoms with Gasteiger partial charge in [-0.15, -0.1) is 0 Å². The summed E-state index contributed by atoms with van der Waals surface area (Å²) >= 11 is 0. The van der Waals surface area contributed by atoms with Gasteiger partial charge in [0.2, 0.25) is 0 Å². The first-order chi connectivity index (χ1) is 28.8. The molecule has 60 heavy (non-hydrogen) atoms. The Morgan fingerprint density at radius 2 is 1.53 bits per heavy atom. The van der Waals surface area contributed by atoms with Crippen molar-refractivity contribution in [3.63, 3.8) is 0 Å². The van der Waals surface area contributed by atoms with Crippen LogP contribution in [0, 0.1) is 5.92 Å². The molecule has 0 radical (unpaired) electrons. The Hall–Kier alpha value is -5.69. The van der Waals surface area contributed by atoms with Crippen molar-refractivity contribution in [2.45, 2.75) is 122 Å². The van der Waals surface area contributed by atoms with Gasteiger partial charge in [0.05, 0.1) is 5.56 Å². The van der Waals surface area contributed by atoms with Crippen LogP contribution in [0.25, 0.3) is 11.0 Å². The van der Waals surface area contributed by atoms with Crippen molar-refractivity contribution >= 4 is 22.9 Å². The topological polar surface area (TPSA) is 92.0 Å². The van der Waals surface area contributed by atoms with Gasteiger partial charge in [0.15, 0.2) is 12.2 Å². The van der Waals surface area contributed by atoms with Gasteiger partial charge in [0.25, 0.3) is 0 Å². The number of allylic oxidation sites excluding steroid dienone is 3. The molecule has 0 amide bonds. The van der Waals surface area contributed by atoms with Gasteiger partial charge in [-0.2, -0.15) is 0 Å². The fraction of sp³-hybridized carbons (Fsp3) is 0.377. The summed E-state index contributed by atoms with van der Waals surface area (Å²) in [5, 5.41) is 0.785. The lowest BCUT2D eigenvalue weighted by Gasteiger charge is -2.43. The van der Waals surface area contributed by atoms with Crippen LogP contribution in [0.3, 0.4) is 0 Å². The van der Waals surface area contributed by atoms with E-state index >= 15 is 0 Å². The highest BCUT2D eigenvalue weighted by atomic mass is 16.6. The lowest BCUT2D eigenvalue weighted by molar-refractivity contribution is -0.188. The molecular formula is C53H54O7. The first-order valence-corrected chi connectivity index (χ1v) is 21.5. The second-order valence-corrected chi connectivity index (χ2v) is 18.8. The van der Waals surface area contributed by atoms with Crippen molar-refractivity contribution in [2.24, 2.45) is 5.92 Å². The fourth-order valence-electron chi connectivity index (χ4n) is 10.3. The highest BCUT2D eigenvalue weighted by Crippen LogP contribution is 2.50. The number of carbonyl (C=O) groups is 2. The molecule has 0 saturated heterocycles. The van der Waals surface area contributed by atoms with Crippen molar-refractivity contribution in [3.05, 3.63) is 169 Å². The first kappa shape index (κ1) is 39.8. The van der Waals surface area contributed by atoms with E-state index in [2.05, 4.69) is 98.8 Å². The third-order valence-corrected chi connectivity index (χ3v) is 13.5. The summed E-state index contributed by atoms with van der Waals surface area (Å²) < 4.78 is 26.0. The number of esters is 2. The molecule has 7 heteroatoms. The van der Waals surface area contributed by atoms with E-state index in [4.69, 9.17) is 18.6 Å². The van der Waals surface area contributed by atoms with Gasteiger partial charge in [-0.1, -0.05) is 110 Å². The highest BCUT2D eigenvalue weighted by Gasteiger charge is 2.51. The van der Waals surface area contributed by atoms with Crippen molar-refractivity contribution in [1.82, 2.24) is 0 Å². The van der Waals surface area contributed by atoms with Crippen LogP contribution in [0.5, 0.6) is 5.75 Å². The molecule has 5 aliphatic rings. The standard InChI is InChI=1S/C53H54O7/c1-31(2)39-21-17-32-15-18-35(19-16-32)40-22-20-37(36-14-10-13-34(28-36)27-33-11-8-7-9-12-33)29-38(40)30-44(54)57-48-45-43(60-53(5,6)49(48)59-50(39)55)24-23-42-41-25-26-52(3,4)46(41)51(56)58-47(42)45/h7-16,18-20,22-24,28,37-38,40,48-49H,17,21,25-27,29-30H2,1-6H3/t37-,38-,40+,48-,49+/m1/s1. The van der Waals surface area contributed by atoms with E-state index in [1.54, 1.807) is 0 Å². The molecule has 4 heterocycles. The van der Waals surface area contributed by atoms with Gasteiger partial charge < -0.3 is 18.6 Å². The molecule has 2 bridgehead atoms. The first-order valence-electron chi connectivity index (χ1n) is 21.5. The quantitative estimate of drug-likeness (QED) is 0.0776. The second kappa shape index (κ2) is 15.4. The number of fused-ring (bicyclic) bond motifs is 13. The molecule has 0 spiro atoms. The van der Waals surface area contributed by atoms with Crippen molar-refractivity contribution in [1.29, 1.82) is 0 Å². The van der Waals surface area contributed by atoms with Crippen LogP contribution >= 0.6 is 0 Å². The Balaban J connectivity index is 1.13. The maximum Gasteiger partial charge on any atom is 0.340 e. The Bertz CT molecular complexity index is 2600. The Kier molecular flexibility index (Phi) is 10.2. The number of aryl methyl sites for hydroxylation is 2. The van der Waals surface area contributed by atoms with Crippen molar-refractivity contribution < 1.29 is 28.2 Å². The summed E-state index contributed by atoms with van der Waals surface area (Å²) in [6.07, 6.45) is 6.81. The number of hydrogen-bond acceptors (Lipinski definition) is 7. The van der Waals surface area contributed by atoms with E-state index in [1.165, 1.54) is 16.7 Å². The Morgan fingerprint density at radius 1 is 0.767 bits per heavy atom. The predicted molar refractivity (Wildman–Crippen MR) is 233 cm³/mol. The molecule has 2 aliphatic carbocycles. The van der Waals surface area contributed by atoms with Crippen LogP contribution in [0.15, 0.2) is 124 Å². The average Bonchev–Trinajstić information content (AvgIpc) is 3.54.